The van der Waals surface area contributed by atoms with Crippen LogP contribution in [-0.2, 0) is 9.84 Å². The summed E-state index contributed by atoms with van der Waals surface area (Å²) in [4.78, 5) is 0. The molecule has 3 N–H and O–H groups in total. The van der Waals surface area contributed by atoms with Crippen LogP contribution in [0.4, 0.5) is 10.1 Å². The van der Waals surface area contributed by atoms with E-state index in [1.807, 2.05) is 0 Å². The maximum Gasteiger partial charge on any atom is 0.150 e. The number of nitrogens with two attached hydrogens (primary N) is 1. The van der Waals surface area contributed by atoms with Crippen molar-refractivity contribution in [1.29, 1.82) is 0 Å². The molecule has 102 valence electrons. The van der Waals surface area contributed by atoms with Gasteiger partial charge in [0.05, 0.1) is 11.9 Å². The molecule has 0 fully saturated rings. The van der Waals surface area contributed by atoms with Gasteiger partial charge in [-0.05, 0) is 31.0 Å². The van der Waals surface area contributed by atoms with Crippen LogP contribution in [0.5, 0.6) is 0 Å². The second-order valence-electron chi connectivity index (χ2n) is 4.17. The van der Waals surface area contributed by atoms with E-state index in [1.165, 1.54) is 18.2 Å². The number of benzene rings is 1. The molecule has 0 radical (unpaired) electrons. The van der Waals surface area contributed by atoms with Crippen molar-refractivity contribution in [2.45, 2.75) is 25.9 Å². The Morgan fingerprint density at radius 1 is 1.44 bits per heavy atom. The van der Waals surface area contributed by atoms with Crippen LogP contribution in [-0.4, -0.2) is 25.0 Å². The minimum Gasteiger partial charge on any atom is -0.398 e. The van der Waals surface area contributed by atoms with E-state index in [2.05, 4.69) is 0 Å². The summed E-state index contributed by atoms with van der Waals surface area (Å²) in [5, 5.41) is 9.85. The van der Waals surface area contributed by atoms with E-state index >= 15 is 0 Å². The van der Waals surface area contributed by atoms with Gasteiger partial charge < -0.3 is 10.8 Å². The molecule has 0 amide bonds. The molecule has 1 atom stereocenters. The molecule has 0 aliphatic heterocycles. The lowest BCUT2D eigenvalue weighted by atomic mass is 10.0. The molecule has 0 saturated heterocycles. The maximum absolute atomic E-state index is 13.0. The third-order valence-corrected chi connectivity index (χ3v) is 4.57. The number of rotatable bonds is 6. The lowest BCUT2D eigenvalue weighted by Gasteiger charge is -2.13. The van der Waals surface area contributed by atoms with Gasteiger partial charge in [0.25, 0.3) is 0 Å². The first-order chi connectivity index (χ1) is 8.35. The van der Waals surface area contributed by atoms with Crippen LogP contribution in [0.2, 0.25) is 0 Å². The number of aliphatic hydroxyl groups excluding tert-OH is 1. The number of halogens is 1. The molecule has 1 unspecified atom stereocenters. The Balaban J connectivity index is 2.61. The van der Waals surface area contributed by atoms with Crippen molar-refractivity contribution >= 4 is 15.5 Å². The molecule has 6 heteroatoms. The molecule has 0 heterocycles. The summed E-state index contributed by atoms with van der Waals surface area (Å²) in [6, 6.07) is 3.78. The van der Waals surface area contributed by atoms with Crippen LogP contribution in [0.3, 0.4) is 0 Å². The third-order valence-electron chi connectivity index (χ3n) is 2.78. The van der Waals surface area contributed by atoms with Gasteiger partial charge in [0.15, 0.2) is 0 Å². The fraction of sp³-hybridized carbons (Fsp3) is 0.500. The first-order valence-electron chi connectivity index (χ1n) is 5.79. The third kappa shape index (κ3) is 4.27. The second kappa shape index (κ2) is 6.15. The Labute approximate surface area is 107 Å². The first-order valence-corrected chi connectivity index (χ1v) is 7.61. The van der Waals surface area contributed by atoms with E-state index in [0.29, 0.717) is 17.7 Å². The van der Waals surface area contributed by atoms with Crippen molar-refractivity contribution in [3.8, 4) is 0 Å². The minimum atomic E-state index is -3.03. The summed E-state index contributed by atoms with van der Waals surface area (Å²) in [5.74, 6) is -0.361. The topological polar surface area (TPSA) is 80.4 Å². The molecule has 0 aliphatic carbocycles. The summed E-state index contributed by atoms with van der Waals surface area (Å²) < 4.78 is 35.6. The average molecular weight is 275 g/mol. The molecule has 1 rings (SSSR count). The summed E-state index contributed by atoms with van der Waals surface area (Å²) in [6.45, 7) is 1.58. The molecule has 0 aliphatic rings. The highest BCUT2D eigenvalue weighted by atomic mass is 32.2. The van der Waals surface area contributed by atoms with Crippen LogP contribution in [0, 0.1) is 5.82 Å². The van der Waals surface area contributed by atoms with E-state index in [1.54, 1.807) is 6.92 Å². The molecule has 1 aromatic rings. The minimum absolute atomic E-state index is 0.0236. The summed E-state index contributed by atoms with van der Waals surface area (Å²) >= 11 is 0. The van der Waals surface area contributed by atoms with Gasteiger partial charge in [0.2, 0.25) is 0 Å². The molecule has 0 aromatic heterocycles. The van der Waals surface area contributed by atoms with Gasteiger partial charge in [0.1, 0.15) is 15.7 Å². The number of anilines is 1. The number of hydrogen-bond acceptors (Lipinski definition) is 4. The van der Waals surface area contributed by atoms with Crippen molar-refractivity contribution in [3.05, 3.63) is 29.6 Å². The summed E-state index contributed by atoms with van der Waals surface area (Å²) in [7, 11) is -3.03. The normalized spacial score (nSPS) is 13.5. The monoisotopic (exact) mass is 275 g/mol. The van der Waals surface area contributed by atoms with E-state index in [9.17, 15) is 17.9 Å². The largest absolute Gasteiger partial charge is 0.398 e. The molecule has 4 nitrogen and oxygen atoms in total. The van der Waals surface area contributed by atoms with Crippen LogP contribution in [0.1, 0.15) is 31.4 Å². The zero-order valence-corrected chi connectivity index (χ0v) is 11.1. The Morgan fingerprint density at radius 3 is 2.72 bits per heavy atom. The van der Waals surface area contributed by atoms with E-state index in [4.69, 9.17) is 5.73 Å². The maximum atomic E-state index is 13.0. The smallest absolute Gasteiger partial charge is 0.150 e. The predicted octanol–water partition coefficient (Wildman–Crippen LogP) is 1.66. The fourth-order valence-electron chi connectivity index (χ4n) is 1.63. The van der Waals surface area contributed by atoms with Gasteiger partial charge in [0, 0.05) is 17.0 Å². The van der Waals surface area contributed by atoms with Crippen LogP contribution in [0.25, 0.3) is 0 Å². The Morgan fingerprint density at radius 2 is 2.11 bits per heavy atom. The van der Waals surface area contributed by atoms with Gasteiger partial charge in [-0.2, -0.15) is 0 Å². The Kier molecular flexibility index (Phi) is 5.10. The van der Waals surface area contributed by atoms with E-state index < -0.39 is 21.8 Å². The molecule has 0 bridgehead atoms. The lowest BCUT2D eigenvalue weighted by Crippen LogP contribution is -2.10. The average Bonchev–Trinajstić information content (AvgIpc) is 2.32. The van der Waals surface area contributed by atoms with E-state index in [0.717, 1.165) is 0 Å². The van der Waals surface area contributed by atoms with Crippen molar-refractivity contribution in [1.82, 2.24) is 0 Å². The summed E-state index contributed by atoms with van der Waals surface area (Å²) in [5.41, 5.74) is 6.25. The highest BCUT2D eigenvalue weighted by molar-refractivity contribution is 7.91. The van der Waals surface area contributed by atoms with Gasteiger partial charge in [-0.25, -0.2) is 12.8 Å². The number of aliphatic hydroxyl groups is 1. The highest BCUT2D eigenvalue weighted by Gasteiger charge is 2.14. The number of sulfone groups is 1. The van der Waals surface area contributed by atoms with Crippen LogP contribution >= 0.6 is 0 Å². The standard InChI is InChI=1S/C12H18FNO3S/c1-2-18(16,17)7-3-4-12(15)10-8-9(13)5-6-11(10)14/h5-6,8,12,15H,2-4,7,14H2,1H3. The second-order valence-corrected chi connectivity index (χ2v) is 6.64. The number of hydrogen-bond donors (Lipinski definition) is 2. The van der Waals surface area contributed by atoms with Gasteiger partial charge in [-0.1, -0.05) is 6.92 Å². The Hall–Kier alpha value is -1.14. The van der Waals surface area contributed by atoms with Gasteiger partial charge >= 0.3 is 0 Å². The van der Waals surface area contributed by atoms with E-state index in [-0.39, 0.29) is 17.9 Å². The SMILES string of the molecule is CCS(=O)(=O)CCCC(O)c1cc(F)ccc1N. The fourth-order valence-corrected chi connectivity index (χ4v) is 2.53. The highest BCUT2D eigenvalue weighted by Crippen LogP contribution is 2.25. The van der Waals surface area contributed by atoms with Crippen molar-refractivity contribution in [2.75, 3.05) is 17.2 Å². The predicted molar refractivity (Wildman–Crippen MR) is 69.3 cm³/mol. The molecule has 18 heavy (non-hydrogen) atoms. The zero-order valence-electron chi connectivity index (χ0n) is 10.3. The van der Waals surface area contributed by atoms with Crippen molar-refractivity contribution in [3.63, 3.8) is 0 Å². The van der Waals surface area contributed by atoms with Crippen molar-refractivity contribution < 1.29 is 17.9 Å². The molecular weight excluding hydrogens is 257 g/mol. The lowest BCUT2D eigenvalue weighted by molar-refractivity contribution is 0.167. The quantitative estimate of drug-likeness (QED) is 0.774. The van der Waals surface area contributed by atoms with Gasteiger partial charge in [-0.15, -0.1) is 0 Å². The number of nitrogen functional groups attached to an aromatic ring is 1. The molecule has 0 spiro atoms. The summed E-state index contributed by atoms with van der Waals surface area (Å²) in [6.07, 6.45) is -0.368. The van der Waals surface area contributed by atoms with Crippen molar-refractivity contribution in [2.24, 2.45) is 0 Å². The van der Waals surface area contributed by atoms with Gasteiger partial charge in [-0.3, -0.25) is 0 Å². The zero-order chi connectivity index (χ0) is 13.8. The molecule has 1 aromatic carbocycles. The Bertz CT molecular complexity index is 502. The van der Waals surface area contributed by atoms with Crippen LogP contribution in [0.15, 0.2) is 18.2 Å². The molecular formula is C12H18FNO3S. The molecule has 0 saturated carbocycles. The first kappa shape index (κ1) is 14.9. The van der Waals surface area contributed by atoms with Crippen LogP contribution < -0.4 is 5.73 Å².